The van der Waals surface area contributed by atoms with E-state index < -0.39 is 11.9 Å². The van der Waals surface area contributed by atoms with Gasteiger partial charge in [-0.25, -0.2) is 0 Å². The molecule has 0 saturated heterocycles. The Balaban J connectivity index is 1.68. The molecule has 2 N–H and O–H groups in total. The summed E-state index contributed by atoms with van der Waals surface area (Å²) in [5.41, 5.74) is 0.260. The van der Waals surface area contributed by atoms with E-state index in [1.54, 1.807) is 0 Å². The fraction of sp³-hybridized carbons (Fsp3) is 0.889. The van der Waals surface area contributed by atoms with Crippen LogP contribution in [0.5, 0.6) is 0 Å². The molecule has 22 heavy (non-hydrogen) atoms. The zero-order chi connectivity index (χ0) is 16.1. The quantitative estimate of drug-likeness (QED) is 0.842. The molecule has 0 unspecified atom stereocenters. The van der Waals surface area contributed by atoms with Crippen molar-refractivity contribution in [2.45, 2.75) is 65.3 Å². The summed E-state index contributed by atoms with van der Waals surface area (Å²) in [5.74, 6) is -0.381. The molecule has 3 aliphatic rings. The molecule has 0 aromatic rings. The Morgan fingerprint density at radius 1 is 1.05 bits per heavy atom. The predicted molar refractivity (Wildman–Crippen MR) is 84.2 cm³/mol. The minimum absolute atomic E-state index is 0.00880. The number of aliphatic carboxylic acids is 1. The van der Waals surface area contributed by atoms with Crippen molar-refractivity contribution in [1.29, 1.82) is 0 Å². The zero-order valence-corrected chi connectivity index (χ0v) is 14.0. The van der Waals surface area contributed by atoms with Gasteiger partial charge >= 0.3 is 5.97 Å². The molecule has 0 aromatic heterocycles. The number of carbonyl (C=O) groups excluding carboxylic acids is 1. The number of hydrogen-bond donors (Lipinski definition) is 2. The van der Waals surface area contributed by atoms with Crippen LogP contribution in [0.2, 0.25) is 0 Å². The highest BCUT2D eigenvalue weighted by molar-refractivity contribution is 5.86. The van der Waals surface area contributed by atoms with Crippen LogP contribution in [-0.4, -0.2) is 23.0 Å². The fourth-order valence-corrected chi connectivity index (χ4v) is 5.78. The molecule has 3 rings (SSSR count). The van der Waals surface area contributed by atoms with Gasteiger partial charge in [0.1, 0.15) is 0 Å². The highest BCUT2D eigenvalue weighted by Crippen LogP contribution is 2.52. The topological polar surface area (TPSA) is 66.4 Å². The third kappa shape index (κ3) is 2.89. The molecule has 4 heteroatoms. The number of nitrogens with one attached hydrogen (secondary N) is 1. The molecule has 3 aliphatic carbocycles. The highest BCUT2D eigenvalue weighted by Gasteiger charge is 2.54. The van der Waals surface area contributed by atoms with Gasteiger partial charge in [0.15, 0.2) is 0 Å². The highest BCUT2D eigenvalue weighted by atomic mass is 16.4. The van der Waals surface area contributed by atoms with E-state index in [9.17, 15) is 14.7 Å². The second-order valence-electron chi connectivity index (χ2n) is 8.84. The summed E-state index contributed by atoms with van der Waals surface area (Å²) in [6.07, 6.45) is 6.17. The maximum atomic E-state index is 12.8. The molecule has 3 fully saturated rings. The largest absolute Gasteiger partial charge is 0.481 e. The minimum atomic E-state index is -0.773. The van der Waals surface area contributed by atoms with Crippen LogP contribution in [0, 0.1) is 35.0 Å². The zero-order valence-electron chi connectivity index (χ0n) is 14.0. The van der Waals surface area contributed by atoms with E-state index >= 15 is 0 Å². The van der Waals surface area contributed by atoms with Crippen LogP contribution in [0.1, 0.15) is 59.3 Å². The summed E-state index contributed by atoms with van der Waals surface area (Å²) in [7, 11) is 0. The molecule has 0 heterocycles. The summed E-state index contributed by atoms with van der Waals surface area (Å²) in [4.78, 5) is 24.3. The molecule has 124 valence electrons. The number of carboxylic acids is 1. The van der Waals surface area contributed by atoms with E-state index in [2.05, 4.69) is 26.1 Å². The van der Waals surface area contributed by atoms with Gasteiger partial charge in [-0.2, -0.15) is 0 Å². The summed E-state index contributed by atoms with van der Waals surface area (Å²) in [6.45, 7) is 6.77. The molecular weight excluding hydrogens is 278 g/mol. The first-order valence-corrected chi connectivity index (χ1v) is 8.80. The number of carbonyl (C=O) groups is 2. The molecule has 1 amide bonds. The first-order chi connectivity index (χ1) is 10.3. The first kappa shape index (κ1) is 15.8. The predicted octanol–water partition coefficient (Wildman–Crippen LogP) is 3.06. The Labute approximate surface area is 133 Å². The maximum absolute atomic E-state index is 12.8. The van der Waals surface area contributed by atoms with Crippen molar-refractivity contribution >= 4 is 11.9 Å². The number of hydrogen-bond acceptors (Lipinski definition) is 2. The average molecular weight is 307 g/mol. The molecule has 3 saturated carbocycles. The number of fused-ring (bicyclic) bond motifs is 2. The lowest BCUT2D eigenvalue weighted by atomic mass is 9.70. The first-order valence-electron chi connectivity index (χ1n) is 8.80. The maximum Gasteiger partial charge on any atom is 0.307 e. The van der Waals surface area contributed by atoms with E-state index in [-0.39, 0.29) is 29.2 Å². The smallest absolute Gasteiger partial charge is 0.307 e. The van der Waals surface area contributed by atoms with Crippen molar-refractivity contribution in [1.82, 2.24) is 5.32 Å². The molecule has 0 aliphatic heterocycles. The number of rotatable bonds is 3. The van der Waals surface area contributed by atoms with Gasteiger partial charge < -0.3 is 10.4 Å². The summed E-state index contributed by atoms with van der Waals surface area (Å²) < 4.78 is 0. The van der Waals surface area contributed by atoms with E-state index in [4.69, 9.17) is 0 Å². The second-order valence-corrected chi connectivity index (χ2v) is 8.84. The van der Waals surface area contributed by atoms with Crippen LogP contribution in [0.4, 0.5) is 0 Å². The van der Waals surface area contributed by atoms with Gasteiger partial charge in [-0.3, -0.25) is 9.59 Å². The molecule has 4 nitrogen and oxygen atoms in total. The molecule has 6 atom stereocenters. The van der Waals surface area contributed by atoms with Crippen LogP contribution in [0.25, 0.3) is 0 Å². The second kappa shape index (κ2) is 5.54. The van der Waals surface area contributed by atoms with Gasteiger partial charge in [-0.1, -0.05) is 20.8 Å². The van der Waals surface area contributed by atoms with Gasteiger partial charge in [0.2, 0.25) is 5.91 Å². The lowest BCUT2D eigenvalue weighted by molar-refractivity contribution is -0.149. The SMILES string of the molecule is C[C@@H]1C[C@H](NC(=O)[C@H]2[C@H]3CC[C@@H](C3)[C@@H]2C(=O)O)CC(C)(C)C1. The molecule has 0 spiro atoms. The van der Waals surface area contributed by atoms with Gasteiger partial charge in [0, 0.05) is 6.04 Å². The van der Waals surface area contributed by atoms with Crippen molar-refractivity contribution in [3.63, 3.8) is 0 Å². The van der Waals surface area contributed by atoms with Crippen LogP contribution >= 0.6 is 0 Å². The molecule has 0 aromatic carbocycles. The van der Waals surface area contributed by atoms with Crippen molar-refractivity contribution in [3.8, 4) is 0 Å². The van der Waals surface area contributed by atoms with Crippen LogP contribution in [-0.2, 0) is 9.59 Å². The van der Waals surface area contributed by atoms with Crippen molar-refractivity contribution < 1.29 is 14.7 Å². The van der Waals surface area contributed by atoms with Gasteiger partial charge in [-0.05, 0) is 61.7 Å². The summed E-state index contributed by atoms with van der Waals surface area (Å²) in [5, 5.41) is 12.7. The molecule has 0 radical (unpaired) electrons. The molecule has 2 bridgehead atoms. The van der Waals surface area contributed by atoms with Crippen LogP contribution < -0.4 is 5.32 Å². The Hall–Kier alpha value is -1.06. The van der Waals surface area contributed by atoms with Crippen molar-refractivity contribution in [2.75, 3.05) is 0 Å². The Bertz CT molecular complexity index is 473. The van der Waals surface area contributed by atoms with Crippen LogP contribution in [0.15, 0.2) is 0 Å². The lowest BCUT2D eigenvalue weighted by Crippen LogP contribution is -2.48. The van der Waals surface area contributed by atoms with Crippen molar-refractivity contribution in [2.24, 2.45) is 35.0 Å². The minimum Gasteiger partial charge on any atom is -0.481 e. The molecular formula is C18H29NO3. The third-order valence-corrected chi connectivity index (χ3v) is 6.24. The Morgan fingerprint density at radius 2 is 1.68 bits per heavy atom. The van der Waals surface area contributed by atoms with Crippen LogP contribution in [0.3, 0.4) is 0 Å². The monoisotopic (exact) mass is 307 g/mol. The third-order valence-electron chi connectivity index (χ3n) is 6.24. The van der Waals surface area contributed by atoms with Gasteiger partial charge in [0.05, 0.1) is 11.8 Å². The van der Waals surface area contributed by atoms with E-state index in [1.165, 1.54) is 6.42 Å². The number of carboxylic acid groups (broad SMARTS) is 1. The van der Waals surface area contributed by atoms with E-state index in [0.717, 1.165) is 32.1 Å². The normalized spacial score (nSPS) is 43.0. The van der Waals surface area contributed by atoms with Gasteiger partial charge in [-0.15, -0.1) is 0 Å². The average Bonchev–Trinajstić information content (AvgIpc) is 2.95. The number of amides is 1. The lowest BCUT2D eigenvalue weighted by Gasteiger charge is -2.40. The Kier molecular flexibility index (Phi) is 3.98. The summed E-state index contributed by atoms with van der Waals surface area (Å²) >= 11 is 0. The van der Waals surface area contributed by atoms with E-state index in [1.807, 2.05) is 0 Å². The Morgan fingerprint density at radius 3 is 2.27 bits per heavy atom. The fourth-order valence-electron chi connectivity index (χ4n) is 5.78. The van der Waals surface area contributed by atoms with Gasteiger partial charge in [0.25, 0.3) is 0 Å². The van der Waals surface area contributed by atoms with Crippen molar-refractivity contribution in [3.05, 3.63) is 0 Å². The summed E-state index contributed by atoms with van der Waals surface area (Å²) in [6, 6.07) is 0.208. The van der Waals surface area contributed by atoms with E-state index in [0.29, 0.717) is 11.8 Å². The standard InChI is InChI=1S/C18H29NO3/c1-10-6-13(9-18(2,3)8-10)19-16(20)14-11-4-5-12(7-11)15(14)17(21)22/h10-15H,4-9H2,1-3H3,(H,19,20)(H,21,22)/t10-,11+,12+,13+,14+,15+/m1/s1.